The molecule has 0 bridgehead atoms. The van der Waals surface area contributed by atoms with E-state index in [-0.39, 0.29) is 17.6 Å². The lowest BCUT2D eigenvalue weighted by Crippen LogP contribution is -2.26. The first kappa shape index (κ1) is 23.9. The van der Waals surface area contributed by atoms with E-state index in [0.29, 0.717) is 51.0 Å². The Morgan fingerprint density at radius 2 is 1.84 bits per heavy atom. The van der Waals surface area contributed by atoms with Gasteiger partial charge >= 0.3 is 0 Å². The quantitative estimate of drug-likeness (QED) is 0.439. The molecule has 0 fully saturated rings. The third-order valence-electron chi connectivity index (χ3n) is 4.45. The summed E-state index contributed by atoms with van der Waals surface area (Å²) in [5, 5.41) is 15.3. The molecular weight excluding hydrogens is 473 g/mol. The van der Waals surface area contributed by atoms with Crippen molar-refractivity contribution < 1.29 is 14.3 Å². The minimum absolute atomic E-state index is 0.153. The van der Waals surface area contributed by atoms with Crippen LogP contribution in [0.4, 0.5) is 5.69 Å². The summed E-state index contributed by atoms with van der Waals surface area (Å²) in [7, 11) is 3.39. The summed E-state index contributed by atoms with van der Waals surface area (Å²) in [5.41, 5.74) is 1.12. The predicted octanol–water partition coefficient (Wildman–Crippen LogP) is 3.83. The Kier molecular flexibility index (Phi) is 8.38. The van der Waals surface area contributed by atoms with Crippen LogP contribution in [0.15, 0.2) is 47.6 Å². The summed E-state index contributed by atoms with van der Waals surface area (Å²) < 4.78 is 6.89. The lowest BCUT2D eigenvalue weighted by molar-refractivity contribution is -0.113. The average molecular weight is 494 g/mol. The van der Waals surface area contributed by atoms with Crippen LogP contribution in [0, 0.1) is 0 Å². The lowest BCUT2D eigenvalue weighted by atomic mass is 10.2. The van der Waals surface area contributed by atoms with Crippen LogP contribution >= 0.6 is 35.0 Å². The van der Waals surface area contributed by atoms with Crippen molar-refractivity contribution in [2.45, 2.75) is 11.6 Å². The fourth-order valence-corrected chi connectivity index (χ4v) is 3.75. The number of rotatable bonds is 9. The molecule has 8 nitrogen and oxygen atoms in total. The van der Waals surface area contributed by atoms with Crippen molar-refractivity contribution in [1.29, 1.82) is 0 Å². The molecule has 0 atom stereocenters. The van der Waals surface area contributed by atoms with E-state index in [9.17, 15) is 9.59 Å². The van der Waals surface area contributed by atoms with E-state index in [1.54, 1.807) is 54.1 Å². The maximum atomic E-state index is 12.2. The number of carbonyl (C=O) groups excluding carboxylic acids is 2. The van der Waals surface area contributed by atoms with Gasteiger partial charge in [0.25, 0.3) is 5.91 Å². The van der Waals surface area contributed by atoms with E-state index in [4.69, 9.17) is 27.9 Å². The van der Waals surface area contributed by atoms with Crippen LogP contribution < -0.4 is 15.4 Å². The van der Waals surface area contributed by atoms with Crippen molar-refractivity contribution in [3.05, 3.63) is 63.9 Å². The van der Waals surface area contributed by atoms with Crippen molar-refractivity contribution in [2.75, 3.05) is 24.7 Å². The molecule has 0 radical (unpaired) electrons. The van der Waals surface area contributed by atoms with Gasteiger partial charge in [0, 0.05) is 31.3 Å². The predicted molar refractivity (Wildman–Crippen MR) is 126 cm³/mol. The highest BCUT2D eigenvalue weighted by molar-refractivity contribution is 7.99. The molecule has 0 saturated heterocycles. The third-order valence-corrected chi connectivity index (χ3v) is 6.21. The number of thioether (sulfide) groups is 1. The Bertz CT molecular complexity index is 1110. The number of nitrogens with zero attached hydrogens (tertiary/aromatic N) is 3. The first-order valence-corrected chi connectivity index (χ1v) is 11.3. The third kappa shape index (κ3) is 6.38. The summed E-state index contributed by atoms with van der Waals surface area (Å²) in [6.07, 6.45) is 0.501. The van der Waals surface area contributed by atoms with Gasteiger partial charge in [-0.05, 0) is 42.5 Å². The molecule has 0 spiro atoms. The molecule has 0 unspecified atom stereocenters. The van der Waals surface area contributed by atoms with Crippen molar-refractivity contribution >= 4 is 52.5 Å². The maximum Gasteiger partial charge on any atom is 0.251 e. The summed E-state index contributed by atoms with van der Waals surface area (Å²) in [4.78, 5) is 24.4. The zero-order chi connectivity index (χ0) is 23.1. The number of hydrogen-bond donors (Lipinski definition) is 2. The number of nitrogens with one attached hydrogen (secondary N) is 2. The first-order valence-electron chi connectivity index (χ1n) is 9.55. The van der Waals surface area contributed by atoms with Gasteiger partial charge in [-0.2, -0.15) is 0 Å². The van der Waals surface area contributed by atoms with Gasteiger partial charge in [0.1, 0.15) is 11.6 Å². The Morgan fingerprint density at radius 1 is 1.09 bits per heavy atom. The first-order chi connectivity index (χ1) is 15.4. The minimum Gasteiger partial charge on any atom is -0.497 e. The molecule has 2 aromatic carbocycles. The Labute approximate surface area is 199 Å². The van der Waals surface area contributed by atoms with Crippen molar-refractivity contribution in [1.82, 2.24) is 20.1 Å². The smallest absolute Gasteiger partial charge is 0.251 e. The molecule has 0 aliphatic heterocycles. The molecule has 2 amide bonds. The number of benzene rings is 2. The summed E-state index contributed by atoms with van der Waals surface area (Å²) in [6.45, 7) is 0.402. The zero-order valence-corrected chi connectivity index (χ0v) is 19.7. The Morgan fingerprint density at radius 3 is 2.53 bits per heavy atom. The number of aromatic nitrogens is 3. The highest BCUT2D eigenvalue weighted by Crippen LogP contribution is 2.25. The molecule has 0 aliphatic carbocycles. The van der Waals surface area contributed by atoms with Gasteiger partial charge in [-0.25, -0.2) is 0 Å². The van der Waals surface area contributed by atoms with Gasteiger partial charge in [0.15, 0.2) is 5.16 Å². The molecular formula is C21H21Cl2N5O3S. The molecule has 168 valence electrons. The molecule has 0 aliphatic rings. The largest absolute Gasteiger partial charge is 0.497 e. The minimum atomic E-state index is -0.204. The van der Waals surface area contributed by atoms with Crippen LogP contribution in [0.5, 0.6) is 5.75 Å². The van der Waals surface area contributed by atoms with Gasteiger partial charge in [0.2, 0.25) is 5.91 Å². The molecule has 1 aromatic heterocycles. The average Bonchev–Trinajstić information content (AvgIpc) is 3.14. The van der Waals surface area contributed by atoms with Crippen LogP contribution in [-0.2, 0) is 18.3 Å². The van der Waals surface area contributed by atoms with Crippen LogP contribution in [-0.4, -0.2) is 46.0 Å². The standard InChI is InChI=1S/C21H21Cl2N5O3S/c1-28-18(9-10-24-20(30)13-3-6-15(31-2)7-4-13)26-27-21(28)32-12-19(29)25-14-5-8-16(22)17(23)11-14/h3-8,11H,9-10,12H2,1-2H3,(H,24,30)(H,25,29). The summed E-state index contributed by atoms with van der Waals surface area (Å²) in [5.74, 6) is 1.16. The number of ether oxygens (including phenoxy) is 1. The van der Waals surface area contributed by atoms with Gasteiger partial charge in [-0.15, -0.1) is 10.2 Å². The highest BCUT2D eigenvalue weighted by atomic mass is 35.5. The Hall–Kier alpha value is -2.75. The van der Waals surface area contributed by atoms with Crippen LogP contribution in [0.3, 0.4) is 0 Å². The fourth-order valence-electron chi connectivity index (χ4n) is 2.72. The van der Waals surface area contributed by atoms with Crippen LogP contribution in [0.2, 0.25) is 10.0 Å². The monoisotopic (exact) mass is 493 g/mol. The lowest BCUT2D eigenvalue weighted by Gasteiger charge is -2.07. The van der Waals surface area contributed by atoms with Gasteiger partial charge in [0.05, 0.1) is 22.9 Å². The summed E-state index contributed by atoms with van der Waals surface area (Å²) in [6, 6.07) is 11.8. The number of carbonyl (C=O) groups is 2. The second kappa shape index (κ2) is 11.2. The number of hydrogen-bond acceptors (Lipinski definition) is 6. The normalized spacial score (nSPS) is 10.6. The van der Waals surface area contributed by atoms with Crippen molar-refractivity contribution in [3.8, 4) is 5.75 Å². The van der Waals surface area contributed by atoms with E-state index in [1.807, 2.05) is 7.05 Å². The van der Waals surface area contributed by atoms with E-state index in [2.05, 4.69) is 20.8 Å². The SMILES string of the molecule is COc1ccc(C(=O)NCCc2nnc(SCC(=O)Nc3ccc(Cl)c(Cl)c3)n2C)cc1. The second-order valence-electron chi connectivity index (χ2n) is 6.66. The van der Waals surface area contributed by atoms with Crippen LogP contribution in [0.1, 0.15) is 16.2 Å². The molecule has 3 rings (SSSR count). The van der Waals surface area contributed by atoms with Gasteiger partial charge in [-0.3, -0.25) is 9.59 Å². The molecule has 11 heteroatoms. The molecule has 3 aromatic rings. The Balaban J connectivity index is 1.46. The molecule has 2 N–H and O–H groups in total. The summed E-state index contributed by atoms with van der Waals surface area (Å²) >= 11 is 13.1. The number of anilines is 1. The van der Waals surface area contributed by atoms with E-state index < -0.39 is 0 Å². The molecule has 32 heavy (non-hydrogen) atoms. The van der Waals surface area contributed by atoms with E-state index in [1.165, 1.54) is 11.8 Å². The van der Waals surface area contributed by atoms with Crippen molar-refractivity contribution in [2.24, 2.45) is 7.05 Å². The second-order valence-corrected chi connectivity index (χ2v) is 8.41. The van der Waals surface area contributed by atoms with Gasteiger partial charge in [-0.1, -0.05) is 35.0 Å². The number of methoxy groups -OCH3 is 1. The number of amides is 2. The van der Waals surface area contributed by atoms with E-state index in [0.717, 1.165) is 0 Å². The zero-order valence-electron chi connectivity index (χ0n) is 17.4. The fraction of sp³-hybridized carbons (Fsp3) is 0.238. The van der Waals surface area contributed by atoms with Gasteiger partial charge < -0.3 is 19.9 Å². The molecule has 1 heterocycles. The highest BCUT2D eigenvalue weighted by Gasteiger charge is 2.13. The maximum absolute atomic E-state index is 12.2. The number of halogens is 2. The molecule has 0 saturated carbocycles. The van der Waals surface area contributed by atoms with Crippen molar-refractivity contribution in [3.63, 3.8) is 0 Å². The van der Waals surface area contributed by atoms with Crippen LogP contribution in [0.25, 0.3) is 0 Å². The topological polar surface area (TPSA) is 98.1 Å². The van der Waals surface area contributed by atoms with E-state index >= 15 is 0 Å².